The number of Topliss-reactive ketones (excluding diaryl/α,β-unsaturated/α-hetero) is 1. The van der Waals surface area contributed by atoms with Gasteiger partial charge in [-0.3, -0.25) is 4.79 Å². The number of halogens is 6. The summed E-state index contributed by atoms with van der Waals surface area (Å²) in [7, 11) is 2.29. The van der Waals surface area contributed by atoms with E-state index in [1.165, 1.54) is 7.11 Å². The molecule has 9 heteroatoms. The lowest BCUT2D eigenvalue weighted by Crippen LogP contribution is -2.44. The minimum absolute atomic E-state index is 0.0358. The van der Waals surface area contributed by atoms with E-state index in [1.807, 2.05) is 0 Å². The normalized spacial score (nSPS) is 12.2. The van der Waals surface area contributed by atoms with Crippen molar-refractivity contribution in [2.24, 2.45) is 0 Å². The molecule has 20 heavy (non-hydrogen) atoms. The Hall–Kier alpha value is -1.38. The van der Waals surface area contributed by atoms with Crippen molar-refractivity contribution in [2.45, 2.75) is 12.1 Å². The number of rotatable bonds is 4. The van der Waals surface area contributed by atoms with Gasteiger partial charge in [-0.2, -0.15) is 22.0 Å². The van der Waals surface area contributed by atoms with E-state index in [-0.39, 0.29) is 10.2 Å². The molecule has 0 N–H and O–H groups in total. The SMILES string of the molecule is COc1ccc(C(=O)C(F)(F)C(F)(F)F)c(OC)c1Br. The van der Waals surface area contributed by atoms with Crippen LogP contribution in [-0.2, 0) is 0 Å². The lowest BCUT2D eigenvalue weighted by atomic mass is 10.0. The molecule has 112 valence electrons. The van der Waals surface area contributed by atoms with Crippen molar-refractivity contribution in [1.82, 2.24) is 0 Å². The van der Waals surface area contributed by atoms with Gasteiger partial charge < -0.3 is 9.47 Å². The van der Waals surface area contributed by atoms with Gasteiger partial charge in [-0.1, -0.05) is 0 Å². The lowest BCUT2D eigenvalue weighted by Gasteiger charge is -2.20. The Kier molecular flexibility index (Phi) is 4.62. The minimum atomic E-state index is -5.98. The molecule has 0 aliphatic rings. The van der Waals surface area contributed by atoms with Crippen molar-refractivity contribution >= 4 is 21.7 Å². The fourth-order valence-electron chi connectivity index (χ4n) is 1.37. The molecule has 0 bridgehead atoms. The average Bonchev–Trinajstić information content (AvgIpc) is 2.36. The molecule has 0 spiro atoms. The number of benzene rings is 1. The maximum atomic E-state index is 13.1. The molecule has 0 unspecified atom stereocenters. The van der Waals surface area contributed by atoms with E-state index >= 15 is 0 Å². The maximum absolute atomic E-state index is 13.1. The van der Waals surface area contributed by atoms with Gasteiger partial charge in [-0.25, -0.2) is 0 Å². The Labute approximate surface area is 118 Å². The Morgan fingerprint density at radius 2 is 1.65 bits per heavy atom. The molecule has 0 aromatic heterocycles. The summed E-state index contributed by atoms with van der Waals surface area (Å²) in [6, 6.07) is 1.86. The molecule has 1 aromatic rings. The number of ketones is 1. The molecular formula is C11H8BrF5O3. The van der Waals surface area contributed by atoms with Gasteiger partial charge in [0, 0.05) is 0 Å². The zero-order valence-corrected chi connectivity index (χ0v) is 11.7. The summed E-state index contributed by atoms with van der Waals surface area (Å²) in [5.41, 5.74) is -0.900. The Morgan fingerprint density at radius 1 is 1.10 bits per heavy atom. The summed E-state index contributed by atoms with van der Waals surface area (Å²) < 4.78 is 72.2. The molecule has 0 aliphatic heterocycles. The molecule has 0 atom stereocenters. The largest absolute Gasteiger partial charge is 0.495 e. The first-order valence-corrected chi connectivity index (χ1v) is 5.77. The summed E-state index contributed by atoms with van der Waals surface area (Å²) in [6.45, 7) is 0. The van der Waals surface area contributed by atoms with Gasteiger partial charge in [0.1, 0.15) is 16.0 Å². The molecule has 1 aromatic carbocycles. The summed E-state index contributed by atoms with van der Waals surface area (Å²) in [5, 5.41) is 0. The summed E-state index contributed by atoms with van der Waals surface area (Å²) in [6.07, 6.45) is -5.98. The monoisotopic (exact) mass is 362 g/mol. The first kappa shape index (κ1) is 16.7. The molecule has 1 rings (SSSR count). The van der Waals surface area contributed by atoms with E-state index in [0.717, 1.165) is 19.2 Å². The summed E-state index contributed by atoms with van der Waals surface area (Å²) >= 11 is 2.91. The molecule has 0 radical (unpaired) electrons. The molecule has 0 aliphatic carbocycles. The second-order valence-electron chi connectivity index (χ2n) is 3.56. The Bertz CT molecular complexity index is 528. The molecule has 0 saturated heterocycles. The van der Waals surface area contributed by atoms with Crippen molar-refractivity contribution in [3.05, 3.63) is 22.2 Å². The van der Waals surface area contributed by atoms with Gasteiger partial charge in [0.05, 0.1) is 19.8 Å². The number of alkyl halides is 5. The second kappa shape index (κ2) is 5.55. The summed E-state index contributed by atoms with van der Waals surface area (Å²) in [5.74, 6) is -8.24. The van der Waals surface area contributed by atoms with Gasteiger partial charge in [0.15, 0.2) is 0 Å². The third kappa shape index (κ3) is 2.72. The van der Waals surface area contributed by atoms with Gasteiger partial charge in [-0.15, -0.1) is 0 Å². The van der Waals surface area contributed by atoms with Crippen molar-refractivity contribution in [1.29, 1.82) is 0 Å². The quantitative estimate of drug-likeness (QED) is 0.602. The number of hydrogen-bond acceptors (Lipinski definition) is 3. The van der Waals surface area contributed by atoms with E-state index in [9.17, 15) is 26.7 Å². The number of hydrogen-bond donors (Lipinski definition) is 0. The minimum Gasteiger partial charge on any atom is -0.495 e. The number of methoxy groups -OCH3 is 2. The van der Waals surface area contributed by atoms with Crippen LogP contribution in [0.2, 0.25) is 0 Å². The lowest BCUT2D eigenvalue weighted by molar-refractivity contribution is -0.255. The highest BCUT2D eigenvalue weighted by atomic mass is 79.9. The molecule has 0 heterocycles. The average molecular weight is 363 g/mol. The number of carbonyl (C=O) groups is 1. The van der Waals surface area contributed by atoms with Crippen LogP contribution in [0.1, 0.15) is 10.4 Å². The van der Waals surface area contributed by atoms with Crippen molar-refractivity contribution in [2.75, 3.05) is 14.2 Å². The third-order valence-electron chi connectivity index (χ3n) is 2.37. The van der Waals surface area contributed by atoms with Crippen LogP contribution < -0.4 is 9.47 Å². The zero-order valence-electron chi connectivity index (χ0n) is 10.1. The third-order valence-corrected chi connectivity index (χ3v) is 3.12. The highest BCUT2D eigenvalue weighted by Gasteiger charge is 2.63. The standard InChI is InChI=1S/C11H8BrF5O3/c1-19-6-4-3-5(8(20-2)7(6)12)9(18)10(13,14)11(15,16)17/h3-4H,1-2H3. The van der Waals surface area contributed by atoms with Crippen LogP contribution in [-0.4, -0.2) is 32.1 Å². The van der Waals surface area contributed by atoms with Gasteiger partial charge in [0.25, 0.3) is 0 Å². The number of carbonyl (C=O) groups excluding carboxylic acids is 1. The van der Waals surface area contributed by atoms with E-state index < -0.39 is 29.2 Å². The first-order chi connectivity index (χ1) is 9.07. The van der Waals surface area contributed by atoms with E-state index in [2.05, 4.69) is 15.9 Å². The van der Waals surface area contributed by atoms with Crippen LogP contribution in [0.5, 0.6) is 11.5 Å². The zero-order chi connectivity index (χ0) is 15.7. The molecular weight excluding hydrogens is 355 g/mol. The molecule has 0 amide bonds. The molecule has 3 nitrogen and oxygen atoms in total. The smallest absolute Gasteiger partial charge is 0.461 e. The van der Waals surface area contributed by atoms with E-state index in [0.29, 0.717) is 0 Å². The first-order valence-electron chi connectivity index (χ1n) is 4.97. The van der Waals surface area contributed by atoms with Gasteiger partial charge >= 0.3 is 12.1 Å². The maximum Gasteiger partial charge on any atom is 0.461 e. The fourth-order valence-corrected chi connectivity index (χ4v) is 2.04. The van der Waals surface area contributed by atoms with E-state index in [1.54, 1.807) is 0 Å². The van der Waals surface area contributed by atoms with Crippen molar-refractivity contribution in [3.8, 4) is 11.5 Å². The topological polar surface area (TPSA) is 35.5 Å². The van der Waals surface area contributed by atoms with Gasteiger partial charge in [0.2, 0.25) is 5.78 Å². The molecule has 0 saturated carbocycles. The van der Waals surface area contributed by atoms with Crippen LogP contribution in [0.25, 0.3) is 0 Å². The summed E-state index contributed by atoms with van der Waals surface area (Å²) in [4.78, 5) is 11.4. The van der Waals surface area contributed by atoms with Crippen LogP contribution in [0.15, 0.2) is 16.6 Å². The van der Waals surface area contributed by atoms with E-state index in [4.69, 9.17) is 9.47 Å². The van der Waals surface area contributed by atoms with Crippen LogP contribution in [0.3, 0.4) is 0 Å². The van der Waals surface area contributed by atoms with Crippen molar-refractivity contribution in [3.63, 3.8) is 0 Å². The predicted octanol–water partition coefficient (Wildman–Crippen LogP) is 3.85. The fraction of sp³-hybridized carbons (Fsp3) is 0.364. The Balaban J connectivity index is 3.41. The van der Waals surface area contributed by atoms with Crippen LogP contribution >= 0.6 is 15.9 Å². The van der Waals surface area contributed by atoms with Crippen LogP contribution in [0, 0.1) is 0 Å². The highest BCUT2D eigenvalue weighted by Crippen LogP contribution is 2.43. The Morgan fingerprint density at radius 3 is 2.05 bits per heavy atom. The van der Waals surface area contributed by atoms with Gasteiger partial charge in [-0.05, 0) is 28.1 Å². The highest BCUT2D eigenvalue weighted by molar-refractivity contribution is 9.10. The van der Waals surface area contributed by atoms with Crippen molar-refractivity contribution < 1.29 is 36.2 Å². The molecule has 0 fully saturated rings. The van der Waals surface area contributed by atoms with Crippen LogP contribution in [0.4, 0.5) is 22.0 Å². The predicted molar refractivity (Wildman–Crippen MR) is 62.6 cm³/mol. The second-order valence-corrected chi connectivity index (χ2v) is 4.36. The number of ether oxygens (including phenoxy) is 2.